The molecule has 0 radical (unpaired) electrons. The van der Waals surface area contributed by atoms with E-state index in [2.05, 4.69) is 21.0 Å². The van der Waals surface area contributed by atoms with E-state index in [-0.39, 0.29) is 0 Å². The van der Waals surface area contributed by atoms with Gasteiger partial charge in [-0.25, -0.2) is 0 Å². The lowest BCUT2D eigenvalue weighted by Crippen LogP contribution is -2.06. The maximum Gasteiger partial charge on any atom is 0.139 e. The highest BCUT2D eigenvalue weighted by Crippen LogP contribution is 2.29. The highest BCUT2D eigenvalue weighted by atomic mass is 79.9. The van der Waals surface area contributed by atoms with Crippen molar-refractivity contribution < 1.29 is 4.74 Å². The van der Waals surface area contributed by atoms with E-state index in [1.165, 1.54) is 0 Å². The largest absolute Gasteiger partial charge is 0.486 e. The molecule has 2 aromatic rings. The van der Waals surface area contributed by atoms with Crippen LogP contribution in [0.2, 0.25) is 10.0 Å². The van der Waals surface area contributed by atoms with E-state index in [4.69, 9.17) is 27.9 Å². The highest BCUT2D eigenvalue weighted by molar-refractivity contribution is 9.10. The van der Waals surface area contributed by atoms with Crippen molar-refractivity contribution in [3.05, 3.63) is 44.1 Å². The van der Waals surface area contributed by atoms with Crippen LogP contribution in [0.15, 0.2) is 22.7 Å². The third-order valence-electron chi connectivity index (χ3n) is 2.71. The van der Waals surface area contributed by atoms with Gasteiger partial charge in [-0.05, 0) is 41.9 Å². The smallest absolute Gasteiger partial charge is 0.139 e. The number of aromatic nitrogens is 2. The number of aryl methyl sites for hydroxylation is 2. The summed E-state index contributed by atoms with van der Waals surface area (Å²) in [4.78, 5) is 0. The third-order valence-corrected chi connectivity index (χ3v) is 4.29. The summed E-state index contributed by atoms with van der Waals surface area (Å²) in [6.07, 6.45) is 0. The van der Waals surface area contributed by atoms with Gasteiger partial charge >= 0.3 is 0 Å². The lowest BCUT2D eigenvalue weighted by atomic mass is 10.3. The monoisotopic (exact) mass is 362 g/mol. The number of benzene rings is 1. The number of nitrogens with zero attached hydrogens (tertiary/aromatic N) is 2. The topological polar surface area (TPSA) is 27.1 Å². The molecular weight excluding hydrogens is 351 g/mol. The molecule has 0 unspecified atom stereocenters. The number of halogens is 3. The molecule has 1 aromatic carbocycles. The summed E-state index contributed by atoms with van der Waals surface area (Å²) in [5.74, 6) is 0.572. The molecule has 0 aliphatic rings. The van der Waals surface area contributed by atoms with Crippen LogP contribution in [0.1, 0.15) is 18.3 Å². The molecule has 2 rings (SSSR count). The number of ether oxygens (including phenoxy) is 1. The fourth-order valence-electron chi connectivity index (χ4n) is 1.74. The van der Waals surface area contributed by atoms with Crippen LogP contribution in [0.25, 0.3) is 0 Å². The molecule has 0 N–H and O–H groups in total. The first-order chi connectivity index (χ1) is 9.02. The zero-order valence-corrected chi connectivity index (χ0v) is 13.7. The molecule has 0 spiro atoms. The zero-order chi connectivity index (χ0) is 14.0. The molecule has 1 aromatic heterocycles. The Labute approximate surface area is 130 Å². The van der Waals surface area contributed by atoms with Gasteiger partial charge < -0.3 is 4.74 Å². The maximum absolute atomic E-state index is 6.06. The van der Waals surface area contributed by atoms with E-state index in [9.17, 15) is 0 Å². The van der Waals surface area contributed by atoms with Crippen LogP contribution in [0.5, 0.6) is 5.75 Å². The van der Waals surface area contributed by atoms with Crippen LogP contribution >= 0.6 is 39.1 Å². The first-order valence-corrected chi connectivity index (χ1v) is 7.37. The Kier molecular flexibility index (Phi) is 4.76. The van der Waals surface area contributed by atoms with Crippen molar-refractivity contribution in [2.75, 3.05) is 0 Å². The van der Waals surface area contributed by atoms with Crippen molar-refractivity contribution >= 4 is 39.1 Å². The van der Waals surface area contributed by atoms with E-state index in [0.717, 1.165) is 22.4 Å². The van der Waals surface area contributed by atoms with Crippen molar-refractivity contribution in [2.24, 2.45) is 0 Å². The molecule has 0 bridgehead atoms. The second-order valence-electron chi connectivity index (χ2n) is 4.03. The number of rotatable bonds is 4. The van der Waals surface area contributed by atoms with Crippen molar-refractivity contribution in [3.63, 3.8) is 0 Å². The molecule has 19 heavy (non-hydrogen) atoms. The molecule has 0 saturated carbocycles. The SMILES string of the molecule is CCn1nc(C)c(Br)c1COc1cc(Cl)ccc1Cl. The van der Waals surface area contributed by atoms with Crippen LogP contribution in [0.4, 0.5) is 0 Å². The average Bonchev–Trinajstić information content (AvgIpc) is 2.66. The molecule has 0 aliphatic heterocycles. The van der Waals surface area contributed by atoms with Crippen LogP contribution in [-0.2, 0) is 13.2 Å². The number of hydrogen-bond acceptors (Lipinski definition) is 2. The summed E-state index contributed by atoms with van der Waals surface area (Å²) in [5, 5.41) is 5.55. The van der Waals surface area contributed by atoms with Gasteiger partial charge in [-0.15, -0.1) is 0 Å². The zero-order valence-electron chi connectivity index (χ0n) is 10.6. The Morgan fingerprint density at radius 1 is 1.37 bits per heavy atom. The van der Waals surface area contributed by atoms with Gasteiger partial charge in [0.2, 0.25) is 0 Å². The molecule has 1 heterocycles. The summed E-state index contributed by atoms with van der Waals surface area (Å²) in [5.41, 5.74) is 1.92. The van der Waals surface area contributed by atoms with Gasteiger partial charge in [0.05, 0.1) is 20.9 Å². The molecule has 102 valence electrons. The van der Waals surface area contributed by atoms with Gasteiger partial charge in [0, 0.05) is 17.6 Å². The van der Waals surface area contributed by atoms with Crippen LogP contribution in [0.3, 0.4) is 0 Å². The fraction of sp³-hybridized carbons (Fsp3) is 0.308. The predicted octanol–water partition coefficient (Wildman–Crippen LogP) is 4.86. The fourth-order valence-corrected chi connectivity index (χ4v) is 2.47. The van der Waals surface area contributed by atoms with Crippen molar-refractivity contribution in [2.45, 2.75) is 27.0 Å². The molecule has 0 saturated heterocycles. The predicted molar refractivity (Wildman–Crippen MR) is 81.1 cm³/mol. The Morgan fingerprint density at radius 3 is 2.79 bits per heavy atom. The molecular formula is C13H13BrCl2N2O. The molecule has 0 atom stereocenters. The minimum atomic E-state index is 0.384. The van der Waals surface area contributed by atoms with Crippen LogP contribution < -0.4 is 4.74 Å². The molecule has 0 aliphatic carbocycles. The third kappa shape index (κ3) is 3.25. The summed E-state index contributed by atoms with van der Waals surface area (Å²) in [6, 6.07) is 5.15. The number of hydrogen-bond donors (Lipinski definition) is 0. The Morgan fingerprint density at radius 2 is 2.11 bits per heavy atom. The van der Waals surface area contributed by atoms with Gasteiger partial charge in [0.1, 0.15) is 12.4 Å². The van der Waals surface area contributed by atoms with Crippen molar-refractivity contribution in [3.8, 4) is 5.75 Å². The highest BCUT2D eigenvalue weighted by Gasteiger charge is 2.13. The van der Waals surface area contributed by atoms with Crippen molar-refractivity contribution in [1.82, 2.24) is 9.78 Å². The van der Waals surface area contributed by atoms with Crippen LogP contribution in [0, 0.1) is 6.92 Å². The lowest BCUT2D eigenvalue weighted by molar-refractivity contribution is 0.292. The summed E-state index contributed by atoms with van der Waals surface area (Å²) in [6.45, 7) is 5.16. The van der Waals surface area contributed by atoms with Gasteiger partial charge in [-0.2, -0.15) is 5.10 Å². The molecule has 6 heteroatoms. The van der Waals surface area contributed by atoms with Crippen LogP contribution in [-0.4, -0.2) is 9.78 Å². The summed E-state index contributed by atoms with van der Waals surface area (Å²) < 4.78 is 8.60. The van der Waals surface area contributed by atoms with Crippen molar-refractivity contribution in [1.29, 1.82) is 0 Å². The second-order valence-corrected chi connectivity index (χ2v) is 5.66. The minimum absolute atomic E-state index is 0.384. The molecule has 3 nitrogen and oxygen atoms in total. The Hall–Kier alpha value is -0.710. The van der Waals surface area contributed by atoms with E-state index in [0.29, 0.717) is 22.4 Å². The van der Waals surface area contributed by atoms with Gasteiger partial charge in [0.25, 0.3) is 0 Å². The van der Waals surface area contributed by atoms with E-state index in [1.54, 1.807) is 18.2 Å². The first-order valence-electron chi connectivity index (χ1n) is 5.82. The quantitative estimate of drug-likeness (QED) is 0.775. The minimum Gasteiger partial charge on any atom is -0.486 e. The van der Waals surface area contributed by atoms with E-state index < -0.39 is 0 Å². The van der Waals surface area contributed by atoms with Gasteiger partial charge in [-0.3, -0.25) is 4.68 Å². The maximum atomic E-state index is 6.06. The second kappa shape index (κ2) is 6.16. The molecule has 0 amide bonds. The van der Waals surface area contributed by atoms with E-state index in [1.807, 2.05) is 18.5 Å². The first kappa shape index (κ1) is 14.7. The van der Waals surface area contributed by atoms with E-state index >= 15 is 0 Å². The summed E-state index contributed by atoms with van der Waals surface area (Å²) >= 11 is 15.5. The standard InChI is InChI=1S/C13H13BrCl2N2O/c1-3-18-11(13(14)8(2)17-18)7-19-12-6-9(15)4-5-10(12)16/h4-6H,3,7H2,1-2H3. The van der Waals surface area contributed by atoms with Gasteiger partial charge in [0.15, 0.2) is 0 Å². The molecule has 0 fully saturated rings. The normalized spacial score (nSPS) is 10.8. The lowest BCUT2D eigenvalue weighted by Gasteiger charge is -2.10. The average molecular weight is 364 g/mol. The summed E-state index contributed by atoms with van der Waals surface area (Å²) in [7, 11) is 0. The Balaban J connectivity index is 2.21. The Bertz CT molecular complexity index is 599. The van der Waals surface area contributed by atoms with Gasteiger partial charge in [-0.1, -0.05) is 23.2 Å².